The molecule has 0 aromatic carbocycles. The van der Waals surface area contributed by atoms with Gasteiger partial charge in [0.1, 0.15) is 0 Å². The van der Waals surface area contributed by atoms with Gasteiger partial charge in [-0.1, -0.05) is 0 Å². The first-order valence-corrected chi connectivity index (χ1v) is 7.95. The lowest BCUT2D eigenvalue weighted by molar-refractivity contribution is 0.0229. The third kappa shape index (κ3) is 3.94. The Balaban J connectivity index is 2.04. The predicted molar refractivity (Wildman–Crippen MR) is 76.2 cm³/mol. The molecule has 0 saturated heterocycles. The topological polar surface area (TPSA) is 58.0 Å². The smallest absolute Gasteiger partial charge is 0.224 e. The molecule has 1 aliphatic carbocycles. The minimum absolute atomic E-state index is 0.00590. The Kier molecular flexibility index (Phi) is 4.86. The molecule has 4 nitrogen and oxygen atoms in total. The number of halogens is 2. The Morgan fingerprint density at radius 2 is 2.47 bits per heavy atom. The Morgan fingerprint density at radius 3 is 3.21 bits per heavy atom. The van der Waals surface area contributed by atoms with Crippen molar-refractivity contribution in [2.24, 2.45) is 0 Å². The van der Waals surface area contributed by atoms with Crippen LogP contribution in [0.15, 0.2) is 6.20 Å². The summed E-state index contributed by atoms with van der Waals surface area (Å²) in [5.41, 5.74) is -0.678. The molecular formula is C12H17ClFN3OS. The summed E-state index contributed by atoms with van der Waals surface area (Å²) in [4.78, 5) is 7.42. The van der Waals surface area contributed by atoms with E-state index >= 15 is 0 Å². The van der Waals surface area contributed by atoms with E-state index in [-0.39, 0.29) is 17.1 Å². The van der Waals surface area contributed by atoms with Crippen molar-refractivity contribution in [3.05, 3.63) is 17.3 Å². The van der Waals surface area contributed by atoms with Crippen LogP contribution in [-0.2, 0) is 0 Å². The summed E-state index contributed by atoms with van der Waals surface area (Å²) in [6.07, 6.45) is 6.20. The molecule has 1 aliphatic rings. The van der Waals surface area contributed by atoms with Crippen molar-refractivity contribution in [3.8, 4) is 0 Å². The van der Waals surface area contributed by atoms with Crippen LogP contribution in [0.25, 0.3) is 0 Å². The Morgan fingerprint density at radius 1 is 1.68 bits per heavy atom. The number of aromatic nitrogens is 2. The highest BCUT2D eigenvalue weighted by Crippen LogP contribution is 2.32. The largest absolute Gasteiger partial charge is 0.389 e. The maximum Gasteiger partial charge on any atom is 0.224 e. The maximum absolute atomic E-state index is 13.6. The summed E-state index contributed by atoms with van der Waals surface area (Å²) in [7, 11) is 0. The summed E-state index contributed by atoms with van der Waals surface area (Å²) >= 11 is 7.28. The van der Waals surface area contributed by atoms with Crippen LogP contribution < -0.4 is 5.32 Å². The average molecular weight is 306 g/mol. The number of hydrogen-bond acceptors (Lipinski definition) is 5. The zero-order valence-corrected chi connectivity index (χ0v) is 12.3. The number of anilines is 1. The van der Waals surface area contributed by atoms with Crippen molar-refractivity contribution in [2.75, 3.05) is 17.3 Å². The van der Waals surface area contributed by atoms with E-state index in [9.17, 15) is 9.50 Å². The quantitative estimate of drug-likeness (QED) is 0.838. The molecule has 1 saturated carbocycles. The van der Waals surface area contributed by atoms with Gasteiger partial charge in [0.25, 0.3) is 0 Å². The molecule has 0 bridgehead atoms. The molecule has 106 valence electrons. The van der Waals surface area contributed by atoms with Gasteiger partial charge in [-0.25, -0.2) is 9.37 Å². The summed E-state index contributed by atoms with van der Waals surface area (Å²) in [5, 5.41) is 13.5. The molecule has 1 fully saturated rings. The van der Waals surface area contributed by atoms with E-state index in [4.69, 9.17) is 11.6 Å². The first kappa shape index (κ1) is 14.8. The van der Waals surface area contributed by atoms with Crippen molar-refractivity contribution in [2.45, 2.75) is 37.3 Å². The van der Waals surface area contributed by atoms with E-state index in [1.165, 1.54) is 0 Å². The van der Waals surface area contributed by atoms with Crippen LogP contribution in [0.2, 0.25) is 5.28 Å². The molecular weight excluding hydrogens is 289 g/mol. The lowest BCUT2D eigenvalue weighted by atomic mass is 9.83. The first-order chi connectivity index (χ1) is 9.02. The van der Waals surface area contributed by atoms with Gasteiger partial charge >= 0.3 is 0 Å². The number of nitrogens with zero attached hydrogens (tertiary/aromatic N) is 2. The zero-order valence-electron chi connectivity index (χ0n) is 10.7. The second kappa shape index (κ2) is 6.24. The van der Waals surface area contributed by atoms with Crippen molar-refractivity contribution in [3.63, 3.8) is 0 Å². The molecule has 0 spiro atoms. The van der Waals surface area contributed by atoms with Crippen molar-refractivity contribution < 1.29 is 9.50 Å². The molecule has 2 rings (SSSR count). The number of thioether (sulfide) groups is 1. The maximum atomic E-state index is 13.6. The van der Waals surface area contributed by atoms with Crippen LogP contribution in [0.1, 0.15) is 25.7 Å². The van der Waals surface area contributed by atoms with Crippen molar-refractivity contribution in [1.29, 1.82) is 0 Å². The highest BCUT2D eigenvalue weighted by molar-refractivity contribution is 7.98. The number of aliphatic hydroxyl groups is 1. The van der Waals surface area contributed by atoms with Crippen LogP contribution in [0.5, 0.6) is 0 Å². The van der Waals surface area contributed by atoms with Gasteiger partial charge in [0.15, 0.2) is 11.6 Å². The highest BCUT2D eigenvalue weighted by atomic mass is 35.5. The molecule has 1 unspecified atom stereocenters. The van der Waals surface area contributed by atoms with Crippen molar-refractivity contribution in [1.82, 2.24) is 9.97 Å². The molecule has 1 heterocycles. The summed E-state index contributed by atoms with van der Waals surface area (Å²) in [6, 6.07) is 0.00590. The van der Waals surface area contributed by atoms with Crippen molar-refractivity contribution >= 4 is 29.2 Å². The fourth-order valence-corrected chi connectivity index (χ4v) is 3.44. The Hall–Kier alpha value is -0.590. The average Bonchev–Trinajstić information content (AvgIpc) is 2.34. The molecule has 0 amide bonds. The van der Waals surface area contributed by atoms with Gasteiger partial charge in [-0.15, -0.1) is 0 Å². The fourth-order valence-electron chi connectivity index (χ4n) is 2.50. The van der Waals surface area contributed by atoms with Crippen LogP contribution in [0, 0.1) is 5.82 Å². The van der Waals surface area contributed by atoms with E-state index in [0.29, 0.717) is 12.2 Å². The molecule has 0 aliphatic heterocycles. The standard InChI is InChI=1S/C12H17ClFN3OS/c1-19-7-12(18)4-2-3-8(5-12)16-10-9(14)6-15-11(13)17-10/h6,8,18H,2-5,7H2,1H3,(H,15,16,17)/t8?,12-/m1/s1. The van der Waals surface area contributed by atoms with Gasteiger partial charge in [-0.3, -0.25) is 0 Å². The highest BCUT2D eigenvalue weighted by Gasteiger charge is 2.34. The molecule has 19 heavy (non-hydrogen) atoms. The van der Waals surface area contributed by atoms with Gasteiger partial charge < -0.3 is 10.4 Å². The van der Waals surface area contributed by atoms with E-state index in [2.05, 4.69) is 15.3 Å². The van der Waals surface area contributed by atoms with E-state index in [1.807, 2.05) is 6.26 Å². The van der Waals surface area contributed by atoms with Gasteiger partial charge in [0.2, 0.25) is 5.28 Å². The predicted octanol–water partition coefficient (Wildman–Crippen LogP) is 2.72. The summed E-state index contributed by atoms with van der Waals surface area (Å²) < 4.78 is 13.6. The van der Waals surface area contributed by atoms with Gasteiger partial charge in [0, 0.05) is 11.8 Å². The van der Waals surface area contributed by atoms with Crippen LogP contribution in [0.4, 0.5) is 10.2 Å². The third-order valence-corrected chi connectivity index (χ3v) is 4.30. The summed E-state index contributed by atoms with van der Waals surface area (Å²) in [5.74, 6) is 0.278. The van der Waals surface area contributed by atoms with Gasteiger partial charge in [-0.05, 0) is 43.5 Å². The van der Waals surface area contributed by atoms with Gasteiger partial charge in [-0.2, -0.15) is 16.7 Å². The lowest BCUT2D eigenvalue weighted by Crippen LogP contribution is -2.42. The minimum Gasteiger partial charge on any atom is -0.389 e. The minimum atomic E-state index is -0.678. The van der Waals surface area contributed by atoms with Crippen LogP contribution in [0.3, 0.4) is 0 Å². The van der Waals surface area contributed by atoms with E-state index in [1.54, 1.807) is 11.8 Å². The molecule has 2 atom stereocenters. The fraction of sp³-hybridized carbons (Fsp3) is 0.667. The number of nitrogens with one attached hydrogen (secondary N) is 1. The second-order valence-electron chi connectivity index (χ2n) is 4.93. The van der Waals surface area contributed by atoms with E-state index < -0.39 is 11.4 Å². The summed E-state index contributed by atoms with van der Waals surface area (Å²) in [6.45, 7) is 0. The van der Waals surface area contributed by atoms with Gasteiger partial charge in [0.05, 0.1) is 11.8 Å². The first-order valence-electron chi connectivity index (χ1n) is 6.18. The van der Waals surface area contributed by atoms with Crippen LogP contribution >= 0.6 is 23.4 Å². The second-order valence-corrected chi connectivity index (χ2v) is 6.13. The van der Waals surface area contributed by atoms with E-state index in [0.717, 1.165) is 25.5 Å². The molecule has 1 aromatic heterocycles. The zero-order chi connectivity index (χ0) is 13.9. The Labute approximate surface area is 121 Å². The number of hydrogen-bond donors (Lipinski definition) is 2. The number of rotatable bonds is 4. The monoisotopic (exact) mass is 305 g/mol. The van der Waals surface area contributed by atoms with Crippen LogP contribution in [-0.4, -0.2) is 38.7 Å². The molecule has 0 radical (unpaired) electrons. The normalized spacial score (nSPS) is 27.3. The SMILES string of the molecule is CSC[C@@]1(O)CCCC(Nc2nc(Cl)ncc2F)C1. The third-order valence-electron chi connectivity index (χ3n) is 3.29. The lowest BCUT2D eigenvalue weighted by Gasteiger charge is -2.37. The molecule has 1 aromatic rings. The molecule has 7 heteroatoms. The Bertz CT molecular complexity index is 447. The molecule has 2 N–H and O–H groups in total.